The Hall–Kier alpha value is -1.21. The van der Waals surface area contributed by atoms with Gasteiger partial charge in [0.1, 0.15) is 4.90 Å². The van der Waals surface area contributed by atoms with Gasteiger partial charge in [-0.2, -0.15) is 0 Å². The van der Waals surface area contributed by atoms with Crippen LogP contribution < -0.4 is 10.0 Å². The largest absolute Gasteiger partial charge is 0.355 e. The lowest BCUT2D eigenvalue weighted by Gasteiger charge is -2.06. The van der Waals surface area contributed by atoms with Gasteiger partial charge in [0.2, 0.25) is 16.0 Å². The molecule has 1 aliphatic rings. The molecule has 1 aromatic heterocycles. The van der Waals surface area contributed by atoms with Crippen molar-refractivity contribution in [2.45, 2.75) is 25.2 Å². The fourth-order valence-electron chi connectivity index (χ4n) is 1.69. The molecule has 0 aliphatic heterocycles. The third kappa shape index (κ3) is 3.17. The Bertz CT molecular complexity index is 500. The first-order chi connectivity index (χ1) is 8.53. The topological polar surface area (TPSA) is 84.0 Å². The van der Waals surface area contributed by atoms with Gasteiger partial charge in [-0.1, -0.05) is 6.92 Å². The van der Waals surface area contributed by atoms with Crippen LogP contribution in [-0.4, -0.2) is 31.5 Å². The van der Waals surface area contributed by atoms with Gasteiger partial charge in [-0.15, -0.1) is 0 Å². The maximum atomic E-state index is 11.9. The van der Waals surface area contributed by atoms with Crippen molar-refractivity contribution in [1.29, 1.82) is 0 Å². The predicted octanol–water partition coefficient (Wildman–Crippen LogP) is 0.843. The second-order valence-corrected chi connectivity index (χ2v) is 6.36. The molecule has 1 fully saturated rings. The second kappa shape index (κ2) is 5.19. The number of anilines is 1. The zero-order valence-corrected chi connectivity index (χ0v) is 11.4. The molecule has 1 aromatic rings. The number of nitrogens with zero attached hydrogens (tertiary/aromatic N) is 2. The average Bonchev–Trinajstić information content (AvgIpc) is 3.04. The predicted molar refractivity (Wildman–Crippen MR) is 68.7 cm³/mol. The lowest BCUT2D eigenvalue weighted by Crippen LogP contribution is -2.26. The van der Waals surface area contributed by atoms with E-state index in [1.165, 1.54) is 12.4 Å². The maximum absolute atomic E-state index is 11.9. The number of sulfonamides is 1. The third-order valence-electron chi connectivity index (χ3n) is 3.09. The molecule has 100 valence electrons. The Kier molecular flexibility index (Phi) is 3.82. The SMILES string of the molecule is CCNc1ncc(S(=O)(=O)NCC2CC2C)cn1. The standard InChI is InChI=1S/C11H18N4O2S/c1-3-12-11-13-6-10(7-14-11)18(16,17)15-5-9-4-8(9)2/h6-9,15H,3-5H2,1-2H3,(H,12,13,14). The van der Waals surface area contributed by atoms with Crippen LogP contribution in [0.2, 0.25) is 0 Å². The van der Waals surface area contributed by atoms with Gasteiger partial charge in [-0.3, -0.25) is 0 Å². The Morgan fingerprint density at radius 2 is 2.00 bits per heavy atom. The smallest absolute Gasteiger partial charge is 0.243 e. The van der Waals surface area contributed by atoms with Gasteiger partial charge in [0.05, 0.1) is 12.4 Å². The molecule has 2 N–H and O–H groups in total. The van der Waals surface area contributed by atoms with Crippen molar-refractivity contribution in [3.8, 4) is 0 Å². The van der Waals surface area contributed by atoms with Gasteiger partial charge in [0.25, 0.3) is 0 Å². The van der Waals surface area contributed by atoms with E-state index in [1.54, 1.807) is 0 Å². The Balaban J connectivity index is 1.99. The van der Waals surface area contributed by atoms with E-state index in [4.69, 9.17) is 0 Å². The minimum Gasteiger partial charge on any atom is -0.355 e. The molecule has 1 aliphatic carbocycles. The van der Waals surface area contributed by atoms with Crippen molar-refractivity contribution in [1.82, 2.24) is 14.7 Å². The van der Waals surface area contributed by atoms with Crippen LogP contribution in [0.25, 0.3) is 0 Å². The average molecular weight is 270 g/mol. The van der Waals surface area contributed by atoms with E-state index in [-0.39, 0.29) is 4.90 Å². The number of hydrogen-bond acceptors (Lipinski definition) is 5. The van der Waals surface area contributed by atoms with E-state index in [9.17, 15) is 8.42 Å². The molecule has 0 saturated heterocycles. The molecule has 6 nitrogen and oxygen atoms in total. The molecule has 18 heavy (non-hydrogen) atoms. The number of aromatic nitrogens is 2. The molecule has 0 spiro atoms. The molecule has 2 atom stereocenters. The first-order valence-electron chi connectivity index (χ1n) is 6.08. The molecule has 0 aromatic carbocycles. The summed E-state index contributed by atoms with van der Waals surface area (Å²) in [6.07, 6.45) is 3.74. The Morgan fingerprint density at radius 1 is 1.39 bits per heavy atom. The van der Waals surface area contributed by atoms with Crippen LogP contribution in [0.4, 0.5) is 5.95 Å². The first-order valence-corrected chi connectivity index (χ1v) is 7.57. The Labute approximate surface area is 107 Å². The van der Waals surface area contributed by atoms with Crippen LogP contribution in [0, 0.1) is 11.8 Å². The summed E-state index contributed by atoms with van der Waals surface area (Å²) < 4.78 is 26.4. The van der Waals surface area contributed by atoms with E-state index >= 15 is 0 Å². The minimum atomic E-state index is -3.47. The van der Waals surface area contributed by atoms with E-state index in [0.29, 0.717) is 30.9 Å². The monoisotopic (exact) mass is 270 g/mol. The van der Waals surface area contributed by atoms with Crippen LogP contribution in [0.3, 0.4) is 0 Å². The number of nitrogens with one attached hydrogen (secondary N) is 2. The van der Waals surface area contributed by atoms with Gasteiger partial charge in [0.15, 0.2) is 0 Å². The van der Waals surface area contributed by atoms with Crippen LogP contribution in [0.1, 0.15) is 20.3 Å². The Morgan fingerprint density at radius 3 is 2.50 bits per heavy atom. The highest BCUT2D eigenvalue weighted by atomic mass is 32.2. The van der Waals surface area contributed by atoms with Crippen molar-refractivity contribution < 1.29 is 8.42 Å². The molecular formula is C11H18N4O2S. The summed E-state index contributed by atoms with van der Waals surface area (Å²) in [5, 5.41) is 2.91. The molecule has 0 bridgehead atoms. The summed E-state index contributed by atoms with van der Waals surface area (Å²) in [6, 6.07) is 0. The van der Waals surface area contributed by atoms with E-state index < -0.39 is 10.0 Å². The van der Waals surface area contributed by atoms with Crippen LogP contribution in [-0.2, 0) is 10.0 Å². The molecule has 1 heterocycles. The van der Waals surface area contributed by atoms with Crippen LogP contribution in [0.5, 0.6) is 0 Å². The van der Waals surface area contributed by atoms with E-state index in [1.807, 2.05) is 6.92 Å². The quantitative estimate of drug-likeness (QED) is 0.800. The molecular weight excluding hydrogens is 252 g/mol. The summed E-state index contributed by atoms with van der Waals surface area (Å²) >= 11 is 0. The van der Waals surface area contributed by atoms with Gasteiger partial charge >= 0.3 is 0 Å². The normalized spacial score (nSPS) is 22.8. The summed E-state index contributed by atoms with van der Waals surface area (Å²) in [7, 11) is -3.47. The summed E-state index contributed by atoms with van der Waals surface area (Å²) in [6.45, 7) is 5.24. The lowest BCUT2D eigenvalue weighted by atomic mass is 10.3. The van der Waals surface area contributed by atoms with Crippen LogP contribution >= 0.6 is 0 Å². The molecule has 1 saturated carbocycles. The summed E-state index contributed by atoms with van der Waals surface area (Å²) in [5.74, 6) is 1.54. The van der Waals surface area contributed by atoms with Crippen molar-refractivity contribution in [2.24, 2.45) is 11.8 Å². The molecule has 2 unspecified atom stereocenters. The molecule has 0 radical (unpaired) electrons. The van der Waals surface area contributed by atoms with E-state index in [2.05, 4.69) is 26.9 Å². The third-order valence-corrected chi connectivity index (χ3v) is 4.46. The fraction of sp³-hybridized carbons (Fsp3) is 0.636. The first kappa shape index (κ1) is 13.2. The molecule has 7 heteroatoms. The summed E-state index contributed by atoms with van der Waals surface area (Å²) in [5.41, 5.74) is 0. The van der Waals surface area contributed by atoms with Crippen molar-refractivity contribution in [3.63, 3.8) is 0 Å². The summed E-state index contributed by atoms with van der Waals surface area (Å²) in [4.78, 5) is 8.01. The zero-order chi connectivity index (χ0) is 13.2. The highest BCUT2D eigenvalue weighted by Gasteiger charge is 2.33. The number of rotatable bonds is 6. The van der Waals surface area contributed by atoms with Gasteiger partial charge in [-0.25, -0.2) is 23.1 Å². The van der Waals surface area contributed by atoms with Crippen molar-refractivity contribution in [3.05, 3.63) is 12.4 Å². The minimum absolute atomic E-state index is 0.109. The zero-order valence-electron chi connectivity index (χ0n) is 10.5. The van der Waals surface area contributed by atoms with E-state index in [0.717, 1.165) is 6.42 Å². The maximum Gasteiger partial charge on any atom is 0.243 e. The highest BCUT2D eigenvalue weighted by Crippen LogP contribution is 2.36. The lowest BCUT2D eigenvalue weighted by molar-refractivity contribution is 0.573. The second-order valence-electron chi connectivity index (χ2n) is 4.60. The highest BCUT2D eigenvalue weighted by molar-refractivity contribution is 7.89. The fourth-order valence-corrected chi connectivity index (χ4v) is 2.67. The number of hydrogen-bond donors (Lipinski definition) is 2. The van der Waals surface area contributed by atoms with Gasteiger partial charge in [0, 0.05) is 13.1 Å². The van der Waals surface area contributed by atoms with Gasteiger partial charge in [-0.05, 0) is 25.2 Å². The van der Waals surface area contributed by atoms with Crippen molar-refractivity contribution in [2.75, 3.05) is 18.4 Å². The van der Waals surface area contributed by atoms with Crippen molar-refractivity contribution >= 4 is 16.0 Å². The van der Waals surface area contributed by atoms with Crippen LogP contribution in [0.15, 0.2) is 17.3 Å². The van der Waals surface area contributed by atoms with Gasteiger partial charge < -0.3 is 5.32 Å². The molecule has 0 amide bonds. The molecule has 2 rings (SSSR count).